The largest absolute Gasteiger partial charge is 0.493 e. The van der Waals surface area contributed by atoms with Crippen molar-refractivity contribution < 1.29 is 14.3 Å². The van der Waals surface area contributed by atoms with Crippen molar-refractivity contribution in [1.29, 1.82) is 0 Å². The highest BCUT2D eigenvalue weighted by molar-refractivity contribution is 7.13. The van der Waals surface area contributed by atoms with Gasteiger partial charge in [-0.25, -0.2) is 4.98 Å². The summed E-state index contributed by atoms with van der Waals surface area (Å²) in [6.45, 7) is 3.42. The second-order valence-electron chi connectivity index (χ2n) is 5.87. The minimum absolute atomic E-state index is 0. The van der Waals surface area contributed by atoms with Gasteiger partial charge in [0.25, 0.3) is 0 Å². The molecule has 1 aliphatic rings. The number of nitrogens with one attached hydrogen (secondary N) is 1. The zero-order chi connectivity index (χ0) is 17.6. The van der Waals surface area contributed by atoms with E-state index in [2.05, 4.69) is 10.3 Å². The lowest BCUT2D eigenvalue weighted by Crippen LogP contribution is -2.35. The van der Waals surface area contributed by atoms with E-state index >= 15 is 0 Å². The highest BCUT2D eigenvalue weighted by Crippen LogP contribution is 2.33. The molecule has 1 aromatic carbocycles. The first kappa shape index (κ1) is 23.5. The average molecular weight is 434 g/mol. The Kier molecular flexibility index (Phi) is 9.87. The molecule has 1 aliphatic heterocycles. The van der Waals surface area contributed by atoms with Crippen LogP contribution in [0.25, 0.3) is 10.6 Å². The third-order valence-electron chi connectivity index (χ3n) is 4.21. The number of aromatic nitrogens is 1. The van der Waals surface area contributed by atoms with Gasteiger partial charge in [-0.3, -0.25) is 4.79 Å². The Bertz CT molecular complexity index is 734. The standard InChI is InChI=1S/C18H23N3O3S.2ClH/c1-23-15-5-4-13(10-16(15)24-2)18-20-14(12-25-18)11-17(22)21-8-3-6-19-7-9-21;;/h4-5,10,12,19H,3,6-9,11H2,1-2H3;2*1H. The Balaban J connectivity index is 0.00000182. The first-order valence-corrected chi connectivity index (χ1v) is 9.24. The molecule has 9 heteroatoms. The van der Waals surface area contributed by atoms with Crippen molar-refractivity contribution in [2.24, 2.45) is 0 Å². The average Bonchev–Trinajstić information content (AvgIpc) is 2.93. The molecule has 0 atom stereocenters. The molecule has 6 nitrogen and oxygen atoms in total. The molecule has 0 radical (unpaired) electrons. The van der Waals surface area contributed by atoms with E-state index in [1.807, 2.05) is 28.5 Å². The fourth-order valence-electron chi connectivity index (χ4n) is 2.85. The van der Waals surface area contributed by atoms with E-state index < -0.39 is 0 Å². The Morgan fingerprint density at radius 2 is 1.96 bits per heavy atom. The Hall–Kier alpha value is -1.54. The predicted octanol–water partition coefficient (Wildman–Crippen LogP) is 3.04. The van der Waals surface area contributed by atoms with E-state index in [-0.39, 0.29) is 30.7 Å². The molecule has 27 heavy (non-hydrogen) atoms. The van der Waals surface area contributed by atoms with E-state index in [0.717, 1.165) is 48.9 Å². The maximum atomic E-state index is 12.5. The molecule has 2 heterocycles. The Morgan fingerprint density at radius 3 is 2.70 bits per heavy atom. The number of carbonyl (C=O) groups excluding carboxylic acids is 1. The van der Waals surface area contributed by atoms with E-state index in [4.69, 9.17) is 9.47 Å². The maximum Gasteiger partial charge on any atom is 0.228 e. The SMILES string of the molecule is COc1ccc(-c2nc(CC(=O)N3CCCNCC3)cs2)cc1OC.Cl.Cl. The van der Waals surface area contributed by atoms with Crippen LogP contribution < -0.4 is 14.8 Å². The minimum Gasteiger partial charge on any atom is -0.493 e. The number of methoxy groups -OCH3 is 2. The van der Waals surface area contributed by atoms with Crippen LogP contribution in [0.15, 0.2) is 23.6 Å². The number of halogens is 2. The summed E-state index contributed by atoms with van der Waals surface area (Å²) in [5.74, 6) is 1.51. The van der Waals surface area contributed by atoms with Gasteiger partial charge in [0.15, 0.2) is 11.5 Å². The van der Waals surface area contributed by atoms with Crippen molar-refractivity contribution in [1.82, 2.24) is 15.2 Å². The van der Waals surface area contributed by atoms with Crippen LogP contribution in [-0.4, -0.2) is 56.2 Å². The van der Waals surface area contributed by atoms with Gasteiger partial charge in [-0.1, -0.05) is 0 Å². The monoisotopic (exact) mass is 433 g/mol. The van der Waals surface area contributed by atoms with Crippen LogP contribution in [0.5, 0.6) is 11.5 Å². The van der Waals surface area contributed by atoms with Gasteiger partial charge in [0, 0.05) is 30.6 Å². The second kappa shape index (κ2) is 11.3. The van der Waals surface area contributed by atoms with Gasteiger partial charge < -0.3 is 19.7 Å². The number of hydrogen-bond acceptors (Lipinski definition) is 6. The third-order valence-corrected chi connectivity index (χ3v) is 5.15. The Morgan fingerprint density at radius 1 is 1.19 bits per heavy atom. The van der Waals surface area contributed by atoms with Crippen LogP contribution in [-0.2, 0) is 11.2 Å². The van der Waals surface area contributed by atoms with Gasteiger partial charge >= 0.3 is 0 Å². The van der Waals surface area contributed by atoms with Crippen LogP contribution in [0.1, 0.15) is 12.1 Å². The second-order valence-corrected chi connectivity index (χ2v) is 6.73. The van der Waals surface area contributed by atoms with Crippen LogP contribution in [0.3, 0.4) is 0 Å². The van der Waals surface area contributed by atoms with Gasteiger partial charge in [-0.05, 0) is 31.2 Å². The quantitative estimate of drug-likeness (QED) is 0.784. The number of amides is 1. The summed E-state index contributed by atoms with van der Waals surface area (Å²) in [6.07, 6.45) is 1.35. The first-order valence-electron chi connectivity index (χ1n) is 8.36. The summed E-state index contributed by atoms with van der Waals surface area (Å²) in [4.78, 5) is 19.0. The zero-order valence-corrected chi connectivity index (χ0v) is 17.8. The Labute approximate surface area is 176 Å². The number of hydrogen-bond donors (Lipinski definition) is 1. The van der Waals surface area contributed by atoms with Gasteiger partial charge in [-0.15, -0.1) is 36.2 Å². The van der Waals surface area contributed by atoms with Crippen molar-refractivity contribution in [3.05, 3.63) is 29.3 Å². The topological polar surface area (TPSA) is 63.7 Å². The smallest absolute Gasteiger partial charge is 0.228 e. The van der Waals surface area contributed by atoms with Crippen LogP contribution in [0, 0.1) is 0 Å². The number of ether oxygens (including phenoxy) is 2. The van der Waals surface area contributed by atoms with Crippen LogP contribution >= 0.6 is 36.2 Å². The first-order chi connectivity index (χ1) is 12.2. The van der Waals surface area contributed by atoms with E-state index in [9.17, 15) is 4.79 Å². The molecule has 2 aromatic rings. The number of thiazole rings is 1. The molecule has 0 bridgehead atoms. The van der Waals surface area contributed by atoms with Crippen molar-refractivity contribution in [2.45, 2.75) is 12.8 Å². The van der Waals surface area contributed by atoms with E-state index in [0.29, 0.717) is 17.9 Å². The molecule has 150 valence electrons. The summed E-state index contributed by atoms with van der Waals surface area (Å²) in [5, 5.41) is 6.15. The van der Waals surface area contributed by atoms with Crippen molar-refractivity contribution >= 4 is 42.1 Å². The molecular formula is C18H25Cl2N3O3S. The van der Waals surface area contributed by atoms with Gasteiger partial charge in [-0.2, -0.15) is 0 Å². The van der Waals surface area contributed by atoms with Crippen molar-refractivity contribution in [3.63, 3.8) is 0 Å². The van der Waals surface area contributed by atoms with Crippen molar-refractivity contribution in [2.75, 3.05) is 40.4 Å². The number of rotatable bonds is 5. The molecular weight excluding hydrogens is 409 g/mol. The van der Waals surface area contributed by atoms with Crippen molar-refractivity contribution in [3.8, 4) is 22.1 Å². The molecule has 3 rings (SSSR count). The molecule has 0 aliphatic carbocycles. The van der Waals surface area contributed by atoms with Gasteiger partial charge in [0.2, 0.25) is 5.91 Å². The van der Waals surface area contributed by atoms with Gasteiger partial charge in [0.1, 0.15) is 5.01 Å². The minimum atomic E-state index is 0. The van der Waals surface area contributed by atoms with Crippen LogP contribution in [0.4, 0.5) is 0 Å². The van der Waals surface area contributed by atoms with E-state index in [1.165, 1.54) is 11.3 Å². The number of benzene rings is 1. The molecule has 1 saturated heterocycles. The molecule has 0 unspecified atom stereocenters. The zero-order valence-electron chi connectivity index (χ0n) is 15.4. The number of nitrogens with zero attached hydrogens (tertiary/aromatic N) is 2. The summed E-state index contributed by atoms with van der Waals surface area (Å²) in [6, 6.07) is 5.72. The summed E-state index contributed by atoms with van der Waals surface area (Å²) in [5.41, 5.74) is 1.78. The van der Waals surface area contributed by atoms with Gasteiger partial charge in [0.05, 0.1) is 26.3 Å². The molecule has 0 saturated carbocycles. The molecule has 1 fully saturated rings. The molecule has 0 spiro atoms. The predicted molar refractivity (Wildman–Crippen MR) is 113 cm³/mol. The normalized spacial score (nSPS) is 13.8. The van der Waals surface area contributed by atoms with Crippen LogP contribution in [0.2, 0.25) is 0 Å². The highest BCUT2D eigenvalue weighted by atomic mass is 35.5. The lowest BCUT2D eigenvalue weighted by molar-refractivity contribution is -0.130. The fraction of sp³-hybridized carbons (Fsp3) is 0.444. The third kappa shape index (κ3) is 5.97. The maximum absolute atomic E-state index is 12.5. The van der Waals surface area contributed by atoms with E-state index in [1.54, 1.807) is 14.2 Å². The highest BCUT2D eigenvalue weighted by Gasteiger charge is 2.17. The fourth-order valence-corrected chi connectivity index (χ4v) is 3.67. The summed E-state index contributed by atoms with van der Waals surface area (Å²) in [7, 11) is 3.23. The molecule has 1 amide bonds. The molecule has 1 N–H and O–H groups in total. The summed E-state index contributed by atoms with van der Waals surface area (Å²) >= 11 is 1.54. The lowest BCUT2D eigenvalue weighted by atomic mass is 10.2. The number of carbonyl (C=O) groups is 1. The lowest BCUT2D eigenvalue weighted by Gasteiger charge is -2.19. The molecule has 1 aromatic heterocycles. The summed E-state index contributed by atoms with van der Waals surface area (Å²) < 4.78 is 10.6.